The van der Waals surface area contributed by atoms with Gasteiger partial charge in [-0.2, -0.15) is 0 Å². The third-order valence-corrected chi connectivity index (χ3v) is 4.42. The number of rotatable bonds is 4. The molecule has 2 rings (SSSR count). The Kier molecular flexibility index (Phi) is 5.86. The van der Waals surface area contributed by atoms with Crippen LogP contribution in [-0.2, 0) is 9.59 Å². The molecule has 0 bridgehead atoms. The third-order valence-electron chi connectivity index (χ3n) is 3.60. The van der Waals surface area contributed by atoms with Crippen molar-refractivity contribution in [3.63, 3.8) is 0 Å². The molecule has 0 heterocycles. The van der Waals surface area contributed by atoms with Gasteiger partial charge in [-0.3, -0.25) is 9.59 Å². The topological polar surface area (TPSA) is 49.4 Å². The second kappa shape index (κ2) is 7.69. The molecule has 0 saturated heterocycles. The molecular weight excluding hydrogens is 347 g/mol. The minimum Gasteiger partial charge on any atom is -0.324 e. The number of hydrogen-bond acceptors (Lipinski definition) is 2. The van der Waals surface area contributed by atoms with E-state index in [0.29, 0.717) is 21.4 Å². The fourth-order valence-corrected chi connectivity index (χ4v) is 2.50. The van der Waals surface area contributed by atoms with Crippen LogP contribution >= 0.6 is 23.2 Å². The summed E-state index contributed by atoms with van der Waals surface area (Å²) in [5.41, 5.74) is 2.99. The molecule has 126 valence electrons. The van der Waals surface area contributed by atoms with Gasteiger partial charge in [-0.05, 0) is 49.2 Å². The first-order valence-electron chi connectivity index (χ1n) is 7.38. The van der Waals surface area contributed by atoms with Crippen LogP contribution in [0.4, 0.5) is 11.4 Å². The Morgan fingerprint density at radius 2 is 1.58 bits per heavy atom. The van der Waals surface area contributed by atoms with Gasteiger partial charge in [-0.1, -0.05) is 35.3 Å². The van der Waals surface area contributed by atoms with E-state index in [1.807, 2.05) is 26.0 Å². The quantitative estimate of drug-likeness (QED) is 0.861. The van der Waals surface area contributed by atoms with E-state index in [1.54, 1.807) is 24.3 Å². The molecule has 2 amide bonds. The van der Waals surface area contributed by atoms with Crippen LogP contribution in [0.3, 0.4) is 0 Å². The number of amides is 2. The third kappa shape index (κ3) is 4.49. The van der Waals surface area contributed by atoms with Gasteiger partial charge in [-0.25, -0.2) is 0 Å². The summed E-state index contributed by atoms with van der Waals surface area (Å²) >= 11 is 12.2. The zero-order chi connectivity index (χ0) is 17.9. The summed E-state index contributed by atoms with van der Waals surface area (Å²) in [6.07, 6.45) is 0. The van der Waals surface area contributed by atoms with Crippen LogP contribution in [0.5, 0.6) is 0 Å². The number of aryl methyl sites for hydroxylation is 2. The van der Waals surface area contributed by atoms with Crippen molar-refractivity contribution in [3.05, 3.63) is 57.6 Å². The average molecular weight is 365 g/mol. The second-order valence-corrected chi connectivity index (χ2v) is 6.37. The molecule has 0 aromatic heterocycles. The molecule has 4 nitrogen and oxygen atoms in total. The summed E-state index contributed by atoms with van der Waals surface area (Å²) in [6, 6.07) is 10.5. The van der Waals surface area contributed by atoms with Crippen molar-refractivity contribution in [2.24, 2.45) is 0 Å². The Hall–Kier alpha value is -2.04. The number of nitrogens with one attached hydrogen (secondary N) is 1. The molecule has 0 aliphatic heterocycles. The Morgan fingerprint density at radius 1 is 1.00 bits per heavy atom. The molecule has 2 aromatic carbocycles. The largest absolute Gasteiger partial charge is 0.324 e. The smallest absolute Gasteiger partial charge is 0.244 e. The molecule has 0 spiro atoms. The van der Waals surface area contributed by atoms with Crippen LogP contribution < -0.4 is 10.2 Å². The van der Waals surface area contributed by atoms with Gasteiger partial charge in [0, 0.05) is 28.3 Å². The average Bonchev–Trinajstić information content (AvgIpc) is 2.51. The van der Waals surface area contributed by atoms with Gasteiger partial charge >= 0.3 is 0 Å². The first-order chi connectivity index (χ1) is 11.3. The first kappa shape index (κ1) is 18.3. The highest BCUT2D eigenvalue weighted by molar-refractivity contribution is 6.32. The van der Waals surface area contributed by atoms with Crippen LogP contribution in [0, 0.1) is 13.8 Å². The van der Waals surface area contributed by atoms with Gasteiger partial charge in [0.2, 0.25) is 11.8 Å². The summed E-state index contributed by atoms with van der Waals surface area (Å²) in [7, 11) is 0. The molecule has 0 atom stereocenters. The Labute approximate surface area is 151 Å². The molecule has 24 heavy (non-hydrogen) atoms. The fraction of sp³-hybridized carbons (Fsp3) is 0.222. The normalized spacial score (nSPS) is 10.4. The molecule has 0 fully saturated rings. The molecule has 0 aliphatic rings. The molecular formula is C18H18Cl2N2O2. The fourth-order valence-electron chi connectivity index (χ4n) is 2.15. The molecule has 0 unspecified atom stereocenters. The van der Waals surface area contributed by atoms with E-state index in [0.717, 1.165) is 11.1 Å². The molecule has 0 saturated carbocycles. The Morgan fingerprint density at radius 3 is 2.12 bits per heavy atom. The van der Waals surface area contributed by atoms with Crippen LogP contribution in [0.2, 0.25) is 10.0 Å². The van der Waals surface area contributed by atoms with Gasteiger partial charge < -0.3 is 10.2 Å². The minimum absolute atomic E-state index is 0.111. The van der Waals surface area contributed by atoms with Gasteiger partial charge in [0.1, 0.15) is 6.54 Å². The van der Waals surface area contributed by atoms with Gasteiger partial charge in [0.25, 0.3) is 0 Å². The van der Waals surface area contributed by atoms with Crippen molar-refractivity contribution < 1.29 is 9.59 Å². The van der Waals surface area contributed by atoms with Crippen molar-refractivity contribution >= 4 is 46.4 Å². The lowest BCUT2D eigenvalue weighted by Crippen LogP contribution is -2.36. The first-order valence-corrected chi connectivity index (χ1v) is 8.14. The zero-order valence-corrected chi connectivity index (χ0v) is 15.2. The molecule has 1 N–H and O–H groups in total. The molecule has 2 aromatic rings. The van der Waals surface area contributed by atoms with Gasteiger partial charge in [0.15, 0.2) is 0 Å². The summed E-state index contributed by atoms with van der Waals surface area (Å²) in [5, 5.41) is 3.86. The lowest BCUT2D eigenvalue weighted by Gasteiger charge is -2.21. The maximum absolute atomic E-state index is 12.3. The van der Waals surface area contributed by atoms with Crippen LogP contribution in [0.15, 0.2) is 36.4 Å². The number of benzene rings is 2. The van der Waals surface area contributed by atoms with Crippen molar-refractivity contribution in [1.82, 2.24) is 0 Å². The Balaban J connectivity index is 2.15. The SMILES string of the molecule is CC(=O)N(CC(=O)Nc1ccc(C)c(Cl)c1)c1ccc(C)c(Cl)c1. The molecule has 6 heteroatoms. The lowest BCUT2D eigenvalue weighted by atomic mass is 10.2. The number of hydrogen-bond donors (Lipinski definition) is 1. The summed E-state index contributed by atoms with van der Waals surface area (Å²) < 4.78 is 0. The van der Waals surface area contributed by atoms with E-state index < -0.39 is 0 Å². The summed E-state index contributed by atoms with van der Waals surface area (Å²) in [4.78, 5) is 25.5. The maximum atomic E-state index is 12.3. The second-order valence-electron chi connectivity index (χ2n) is 5.55. The van der Waals surface area contributed by atoms with Crippen molar-refractivity contribution in [2.45, 2.75) is 20.8 Å². The van der Waals surface area contributed by atoms with E-state index in [4.69, 9.17) is 23.2 Å². The Bertz CT molecular complexity index is 791. The highest BCUT2D eigenvalue weighted by atomic mass is 35.5. The lowest BCUT2D eigenvalue weighted by molar-refractivity contribution is -0.120. The van der Waals surface area contributed by atoms with Gasteiger partial charge in [0.05, 0.1) is 0 Å². The number of carbonyl (C=O) groups excluding carboxylic acids is 2. The molecule has 0 aliphatic carbocycles. The number of carbonyl (C=O) groups is 2. The summed E-state index contributed by atoms with van der Waals surface area (Å²) in [6.45, 7) is 5.05. The number of nitrogens with zero attached hydrogens (tertiary/aromatic N) is 1. The zero-order valence-electron chi connectivity index (χ0n) is 13.7. The minimum atomic E-state index is -0.318. The standard InChI is InChI=1S/C18H18Cl2N2O2/c1-11-4-6-14(8-16(11)19)21-18(24)10-22(13(3)23)15-7-5-12(2)17(20)9-15/h4-9H,10H2,1-3H3,(H,21,24). The predicted molar refractivity (Wildman–Crippen MR) is 99.0 cm³/mol. The maximum Gasteiger partial charge on any atom is 0.244 e. The van der Waals surface area contributed by atoms with Crippen LogP contribution in [0.1, 0.15) is 18.1 Å². The molecule has 0 radical (unpaired) electrons. The van der Waals surface area contributed by atoms with Gasteiger partial charge in [-0.15, -0.1) is 0 Å². The number of anilines is 2. The highest BCUT2D eigenvalue weighted by Crippen LogP contribution is 2.24. The van der Waals surface area contributed by atoms with E-state index in [2.05, 4.69) is 5.32 Å². The van der Waals surface area contributed by atoms with Crippen molar-refractivity contribution in [1.29, 1.82) is 0 Å². The predicted octanol–water partition coefficient (Wildman–Crippen LogP) is 4.60. The number of halogens is 2. The van der Waals surface area contributed by atoms with Crippen LogP contribution in [-0.4, -0.2) is 18.4 Å². The highest BCUT2D eigenvalue weighted by Gasteiger charge is 2.17. The van der Waals surface area contributed by atoms with E-state index >= 15 is 0 Å². The van der Waals surface area contributed by atoms with E-state index in [9.17, 15) is 9.59 Å². The monoisotopic (exact) mass is 364 g/mol. The van der Waals surface area contributed by atoms with Crippen LogP contribution in [0.25, 0.3) is 0 Å². The van der Waals surface area contributed by atoms with Crippen molar-refractivity contribution in [2.75, 3.05) is 16.8 Å². The van der Waals surface area contributed by atoms with E-state index in [-0.39, 0.29) is 18.4 Å². The van der Waals surface area contributed by atoms with E-state index in [1.165, 1.54) is 11.8 Å². The summed E-state index contributed by atoms with van der Waals surface area (Å²) in [5.74, 6) is -0.561. The van der Waals surface area contributed by atoms with Crippen molar-refractivity contribution in [3.8, 4) is 0 Å².